The average molecular weight is 355 g/mol. The molecule has 0 aliphatic rings. The number of carbonyl (C=O) groups is 3. The minimum absolute atomic E-state index is 0.0494. The molecule has 2 N–H and O–H groups in total. The molecule has 11 heteroatoms. The first kappa shape index (κ1) is 19.8. The molecule has 1 aromatic carbocycles. The smallest absolute Gasteiger partial charge is 0.342 e. The van der Waals surface area contributed by atoms with Gasteiger partial charge in [0, 0.05) is 25.8 Å². The minimum Gasteiger partial charge on any atom is -0.496 e. The molecule has 0 aromatic heterocycles. The molecule has 0 atom stereocenters. The van der Waals surface area contributed by atoms with Crippen molar-refractivity contribution in [1.29, 1.82) is 0 Å². The molecule has 0 aliphatic carbocycles. The number of hydrogen-bond acceptors (Lipinski definition) is 8. The van der Waals surface area contributed by atoms with Gasteiger partial charge in [0.1, 0.15) is 11.3 Å². The lowest BCUT2D eigenvalue weighted by atomic mass is 10.2. The second-order valence-corrected chi connectivity index (χ2v) is 4.51. The normalized spacial score (nSPS) is 9.84. The van der Waals surface area contributed by atoms with Crippen LogP contribution in [0.2, 0.25) is 0 Å². The van der Waals surface area contributed by atoms with Gasteiger partial charge in [0.2, 0.25) is 0 Å². The van der Waals surface area contributed by atoms with Crippen LogP contribution in [-0.2, 0) is 14.3 Å². The highest BCUT2D eigenvalue weighted by Crippen LogP contribution is 2.24. The highest BCUT2D eigenvalue weighted by Gasteiger charge is 2.20. The number of carbonyl (C=O) groups excluding carboxylic acids is 3. The third-order valence-corrected chi connectivity index (χ3v) is 2.79. The highest BCUT2D eigenvalue weighted by atomic mass is 16.6. The number of methoxy groups -OCH3 is 2. The number of benzene rings is 1. The molecule has 0 radical (unpaired) electrons. The lowest BCUT2D eigenvalue weighted by molar-refractivity contribution is -0.384. The molecule has 0 aliphatic heterocycles. The molecule has 0 unspecified atom stereocenters. The molecule has 3 amide bonds. The number of ether oxygens (including phenoxy) is 3. The molecule has 0 heterocycles. The fourth-order valence-corrected chi connectivity index (χ4v) is 1.65. The Bertz CT molecular complexity index is 661. The quantitative estimate of drug-likeness (QED) is 0.292. The number of esters is 1. The van der Waals surface area contributed by atoms with Crippen molar-refractivity contribution in [3.63, 3.8) is 0 Å². The van der Waals surface area contributed by atoms with Crippen molar-refractivity contribution in [2.75, 3.05) is 34.0 Å². The number of rotatable bonds is 8. The molecule has 0 saturated heterocycles. The van der Waals surface area contributed by atoms with Crippen LogP contribution in [0.25, 0.3) is 0 Å². The van der Waals surface area contributed by atoms with E-state index in [0.717, 1.165) is 12.1 Å². The fraction of sp³-hybridized carbons (Fsp3) is 0.357. The Morgan fingerprint density at radius 3 is 2.56 bits per heavy atom. The number of amides is 3. The van der Waals surface area contributed by atoms with Gasteiger partial charge in [-0.1, -0.05) is 0 Å². The maximum atomic E-state index is 12.0. The molecule has 0 fully saturated rings. The summed E-state index contributed by atoms with van der Waals surface area (Å²) in [6.07, 6.45) is 0. The SMILES string of the molecule is COCCNC(=O)NC(=O)COC(=O)c1cc([N+](=O)[O-])ccc1OC. The Morgan fingerprint density at radius 1 is 1.24 bits per heavy atom. The van der Waals surface area contributed by atoms with E-state index < -0.39 is 29.4 Å². The molecular weight excluding hydrogens is 338 g/mol. The predicted molar refractivity (Wildman–Crippen MR) is 83.3 cm³/mol. The van der Waals surface area contributed by atoms with Gasteiger partial charge in [0.15, 0.2) is 6.61 Å². The number of nitrogens with zero attached hydrogens (tertiary/aromatic N) is 1. The van der Waals surface area contributed by atoms with E-state index >= 15 is 0 Å². The van der Waals surface area contributed by atoms with Gasteiger partial charge in [0.05, 0.1) is 18.6 Å². The number of hydrogen-bond donors (Lipinski definition) is 2. The highest BCUT2D eigenvalue weighted by molar-refractivity contribution is 5.98. The van der Waals surface area contributed by atoms with Crippen molar-refractivity contribution in [1.82, 2.24) is 10.6 Å². The second-order valence-electron chi connectivity index (χ2n) is 4.51. The summed E-state index contributed by atoms with van der Waals surface area (Å²) in [4.78, 5) is 44.9. The summed E-state index contributed by atoms with van der Waals surface area (Å²) in [5.41, 5.74) is -0.552. The van der Waals surface area contributed by atoms with Crippen LogP contribution in [0.5, 0.6) is 5.75 Å². The van der Waals surface area contributed by atoms with E-state index in [0.29, 0.717) is 0 Å². The Hall–Kier alpha value is -3.21. The van der Waals surface area contributed by atoms with E-state index in [1.165, 1.54) is 20.3 Å². The third kappa shape index (κ3) is 6.43. The van der Waals surface area contributed by atoms with Crippen molar-refractivity contribution in [2.45, 2.75) is 0 Å². The zero-order valence-corrected chi connectivity index (χ0v) is 13.6. The van der Waals surface area contributed by atoms with Gasteiger partial charge in [-0.25, -0.2) is 9.59 Å². The van der Waals surface area contributed by atoms with Crippen LogP contribution >= 0.6 is 0 Å². The van der Waals surface area contributed by atoms with E-state index in [4.69, 9.17) is 14.2 Å². The number of nitrogens with one attached hydrogen (secondary N) is 2. The van der Waals surface area contributed by atoms with Crippen LogP contribution in [0.15, 0.2) is 18.2 Å². The maximum Gasteiger partial charge on any atom is 0.342 e. The summed E-state index contributed by atoms with van der Waals surface area (Å²) in [7, 11) is 2.72. The number of urea groups is 1. The summed E-state index contributed by atoms with van der Waals surface area (Å²) < 4.78 is 14.4. The van der Waals surface area contributed by atoms with E-state index in [-0.39, 0.29) is 30.2 Å². The average Bonchev–Trinajstić information content (AvgIpc) is 2.59. The zero-order chi connectivity index (χ0) is 18.8. The monoisotopic (exact) mass is 355 g/mol. The van der Waals surface area contributed by atoms with Crippen molar-refractivity contribution >= 4 is 23.6 Å². The topological polar surface area (TPSA) is 146 Å². The van der Waals surface area contributed by atoms with E-state index in [9.17, 15) is 24.5 Å². The zero-order valence-electron chi connectivity index (χ0n) is 13.6. The van der Waals surface area contributed by atoms with Crippen molar-refractivity contribution in [3.05, 3.63) is 33.9 Å². The molecule has 11 nitrogen and oxygen atoms in total. The van der Waals surface area contributed by atoms with Gasteiger partial charge < -0.3 is 19.5 Å². The summed E-state index contributed by atoms with van der Waals surface area (Å²) in [6, 6.07) is 2.59. The van der Waals surface area contributed by atoms with Crippen molar-refractivity contribution in [3.8, 4) is 5.75 Å². The summed E-state index contributed by atoms with van der Waals surface area (Å²) in [5.74, 6) is -1.82. The molecule has 0 saturated carbocycles. The van der Waals surface area contributed by atoms with Gasteiger partial charge in [0.25, 0.3) is 11.6 Å². The van der Waals surface area contributed by atoms with Crippen LogP contribution in [-0.4, -0.2) is 56.8 Å². The lowest BCUT2D eigenvalue weighted by Crippen LogP contribution is -2.42. The summed E-state index contributed by atoms with van der Waals surface area (Å²) in [5, 5.41) is 15.0. The number of non-ortho nitro benzene ring substituents is 1. The first-order chi connectivity index (χ1) is 11.9. The van der Waals surface area contributed by atoms with Gasteiger partial charge in [-0.3, -0.25) is 20.2 Å². The minimum atomic E-state index is -1.00. The molecule has 0 bridgehead atoms. The molecule has 25 heavy (non-hydrogen) atoms. The van der Waals surface area contributed by atoms with Crippen molar-refractivity contribution in [2.24, 2.45) is 0 Å². The van der Waals surface area contributed by atoms with E-state index in [1.54, 1.807) is 0 Å². The molecule has 1 aromatic rings. The summed E-state index contributed by atoms with van der Waals surface area (Å²) >= 11 is 0. The van der Waals surface area contributed by atoms with Crippen LogP contribution in [0.4, 0.5) is 10.5 Å². The van der Waals surface area contributed by atoms with Gasteiger partial charge >= 0.3 is 12.0 Å². The Morgan fingerprint density at radius 2 is 1.96 bits per heavy atom. The first-order valence-corrected chi connectivity index (χ1v) is 6.95. The van der Waals surface area contributed by atoms with E-state index in [1.807, 2.05) is 5.32 Å². The number of imide groups is 1. The predicted octanol–water partition coefficient (Wildman–Crippen LogP) is 0.232. The Balaban J connectivity index is 2.61. The lowest BCUT2D eigenvalue weighted by Gasteiger charge is -2.09. The van der Waals surface area contributed by atoms with E-state index in [2.05, 4.69) is 5.32 Å². The van der Waals surface area contributed by atoms with Gasteiger partial charge in [-0.2, -0.15) is 0 Å². The van der Waals surface area contributed by atoms with Crippen LogP contribution in [0, 0.1) is 10.1 Å². The fourth-order valence-electron chi connectivity index (χ4n) is 1.65. The Kier molecular flexibility index (Phi) is 7.79. The first-order valence-electron chi connectivity index (χ1n) is 6.95. The molecule has 1 rings (SSSR count). The summed E-state index contributed by atoms with van der Waals surface area (Å²) in [6.45, 7) is -0.286. The van der Waals surface area contributed by atoms with Gasteiger partial charge in [-0.05, 0) is 6.07 Å². The molecule has 136 valence electrons. The number of nitro groups is 1. The largest absolute Gasteiger partial charge is 0.496 e. The Labute approximate surface area is 142 Å². The molecular formula is C14H17N3O8. The standard InChI is InChI=1S/C14H17N3O8/c1-23-6-5-15-14(20)16-12(18)8-25-13(19)10-7-9(17(21)22)3-4-11(10)24-2/h3-4,7H,5-6,8H2,1-2H3,(H2,15,16,18,20). The van der Waals surface area contributed by atoms with Crippen LogP contribution in [0.3, 0.4) is 0 Å². The maximum absolute atomic E-state index is 12.0. The second kappa shape index (κ2) is 9.82. The van der Waals surface area contributed by atoms with Crippen molar-refractivity contribution < 1.29 is 33.5 Å². The third-order valence-electron chi connectivity index (χ3n) is 2.79. The molecule has 0 spiro atoms. The van der Waals surface area contributed by atoms with Gasteiger partial charge in [-0.15, -0.1) is 0 Å². The van der Waals surface area contributed by atoms with Crippen LogP contribution < -0.4 is 15.4 Å². The number of nitro benzene ring substituents is 1. The van der Waals surface area contributed by atoms with Crippen LogP contribution in [0.1, 0.15) is 10.4 Å².